The van der Waals surface area contributed by atoms with Crippen molar-refractivity contribution in [3.63, 3.8) is 0 Å². The van der Waals surface area contributed by atoms with Crippen LogP contribution >= 0.6 is 0 Å². The van der Waals surface area contributed by atoms with Gasteiger partial charge in [0.1, 0.15) is 5.75 Å². The monoisotopic (exact) mass is 191 g/mol. The van der Waals surface area contributed by atoms with Crippen molar-refractivity contribution < 1.29 is 4.74 Å². The van der Waals surface area contributed by atoms with Gasteiger partial charge in [0.05, 0.1) is 7.11 Å². The van der Waals surface area contributed by atoms with Crippen LogP contribution in [0, 0.1) is 6.54 Å². The van der Waals surface area contributed by atoms with Crippen LogP contribution in [0.4, 0.5) is 0 Å². The van der Waals surface area contributed by atoms with Crippen LogP contribution in [0.5, 0.6) is 5.75 Å². The maximum Gasteiger partial charge on any atom is 0.118 e. The molecule has 1 radical (unpaired) electrons. The molecule has 1 aromatic carbocycles. The zero-order valence-corrected chi connectivity index (χ0v) is 8.29. The molecule has 3 heteroatoms. The molecule has 1 saturated heterocycles. The van der Waals surface area contributed by atoms with Crippen LogP contribution in [0.15, 0.2) is 24.3 Å². The number of nitrogens with one attached hydrogen (secondary N) is 2. The molecule has 14 heavy (non-hydrogen) atoms. The van der Waals surface area contributed by atoms with Crippen LogP contribution in [0.25, 0.3) is 0 Å². The summed E-state index contributed by atoms with van der Waals surface area (Å²) in [5, 5.41) is 6.66. The molecule has 1 atom stereocenters. The predicted octanol–water partition coefficient (Wildman–Crippen LogP) is 1.09. The first-order chi connectivity index (χ1) is 6.90. The third-order valence-electron chi connectivity index (χ3n) is 2.43. The highest BCUT2D eigenvalue weighted by atomic mass is 16.5. The van der Waals surface area contributed by atoms with Crippen LogP contribution in [-0.2, 0) is 0 Å². The molecule has 1 fully saturated rings. The Morgan fingerprint density at radius 2 is 2.07 bits per heavy atom. The Balaban J connectivity index is 2.07. The second-order valence-electron chi connectivity index (χ2n) is 3.35. The molecule has 1 aromatic rings. The zero-order chi connectivity index (χ0) is 9.80. The molecule has 0 amide bonds. The molecule has 1 unspecified atom stereocenters. The Bertz CT molecular complexity index is 278. The fourth-order valence-corrected chi connectivity index (χ4v) is 1.61. The van der Waals surface area contributed by atoms with E-state index in [-0.39, 0.29) is 0 Å². The Morgan fingerprint density at radius 1 is 1.29 bits per heavy atom. The third kappa shape index (κ3) is 2.05. The van der Waals surface area contributed by atoms with E-state index >= 15 is 0 Å². The molecule has 0 bridgehead atoms. The largest absolute Gasteiger partial charge is 0.497 e. The standard InChI is InChI=1S/C11H15N2O/c1-14-10-4-2-9(3-5-10)11-8-12-6-7-13-11/h2-5,7,11-13H,6,8H2,1H3. The van der Waals surface area contributed by atoms with Gasteiger partial charge in [0.2, 0.25) is 0 Å². The first-order valence-corrected chi connectivity index (χ1v) is 4.82. The van der Waals surface area contributed by atoms with Crippen molar-refractivity contribution in [3.05, 3.63) is 36.4 Å². The van der Waals surface area contributed by atoms with Crippen molar-refractivity contribution in [1.29, 1.82) is 0 Å². The van der Waals surface area contributed by atoms with Crippen LogP contribution < -0.4 is 15.4 Å². The maximum atomic E-state index is 5.11. The molecule has 1 heterocycles. The van der Waals surface area contributed by atoms with Gasteiger partial charge in [-0.3, -0.25) is 0 Å². The van der Waals surface area contributed by atoms with E-state index in [0.717, 1.165) is 18.8 Å². The molecule has 2 N–H and O–H groups in total. The van der Waals surface area contributed by atoms with E-state index in [4.69, 9.17) is 4.74 Å². The van der Waals surface area contributed by atoms with Gasteiger partial charge in [0, 0.05) is 25.7 Å². The third-order valence-corrected chi connectivity index (χ3v) is 2.43. The number of ether oxygens (including phenoxy) is 1. The van der Waals surface area contributed by atoms with Crippen molar-refractivity contribution in [1.82, 2.24) is 10.6 Å². The summed E-state index contributed by atoms with van der Waals surface area (Å²) < 4.78 is 5.11. The summed E-state index contributed by atoms with van der Waals surface area (Å²) in [6.45, 7) is 3.97. The number of methoxy groups -OCH3 is 1. The summed E-state index contributed by atoms with van der Waals surface area (Å²) in [5.74, 6) is 0.904. The molecule has 0 spiro atoms. The second kappa shape index (κ2) is 4.44. The molecule has 0 aromatic heterocycles. The molecule has 75 valence electrons. The van der Waals surface area contributed by atoms with Crippen molar-refractivity contribution in [3.8, 4) is 5.75 Å². The highest BCUT2D eigenvalue weighted by Gasteiger charge is 2.13. The van der Waals surface area contributed by atoms with E-state index in [1.807, 2.05) is 12.1 Å². The predicted molar refractivity (Wildman–Crippen MR) is 56.0 cm³/mol. The smallest absolute Gasteiger partial charge is 0.118 e. The highest BCUT2D eigenvalue weighted by molar-refractivity contribution is 5.29. The lowest BCUT2D eigenvalue weighted by atomic mass is 10.1. The average Bonchev–Trinajstić information content (AvgIpc) is 2.30. The van der Waals surface area contributed by atoms with Gasteiger partial charge in [0.25, 0.3) is 0 Å². The minimum atomic E-state index is 0.384. The summed E-state index contributed by atoms with van der Waals surface area (Å²) in [7, 11) is 1.68. The minimum absolute atomic E-state index is 0.384. The Kier molecular flexibility index (Phi) is 3.01. The van der Waals surface area contributed by atoms with Crippen LogP contribution in [0.2, 0.25) is 0 Å². The number of piperazine rings is 1. The van der Waals surface area contributed by atoms with E-state index < -0.39 is 0 Å². The number of rotatable bonds is 2. The lowest BCUT2D eigenvalue weighted by Crippen LogP contribution is -2.39. The first kappa shape index (κ1) is 9.49. The summed E-state index contributed by atoms with van der Waals surface area (Å²) in [6, 6.07) is 8.56. The Morgan fingerprint density at radius 3 is 2.64 bits per heavy atom. The molecular weight excluding hydrogens is 176 g/mol. The molecular formula is C11H15N2O. The SMILES string of the molecule is COc1ccc(C2CNC[CH]N2)cc1. The lowest BCUT2D eigenvalue weighted by molar-refractivity contribution is 0.414. The quantitative estimate of drug-likeness (QED) is 0.734. The van der Waals surface area contributed by atoms with Gasteiger partial charge in [-0.25, -0.2) is 0 Å². The molecule has 0 aliphatic carbocycles. The molecule has 0 saturated carbocycles. The van der Waals surface area contributed by atoms with Gasteiger partial charge in [-0.05, 0) is 17.7 Å². The van der Waals surface area contributed by atoms with E-state index in [1.54, 1.807) is 7.11 Å². The van der Waals surface area contributed by atoms with Crippen molar-refractivity contribution in [2.45, 2.75) is 6.04 Å². The number of hydrogen-bond acceptors (Lipinski definition) is 3. The summed E-state index contributed by atoms with van der Waals surface area (Å²) in [4.78, 5) is 0. The van der Waals surface area contributed by atoms with E-state index in [0.29, 0.717) is 6.04 Å². The minimum Gasteiger partial charge on any atom is -0.497 e. The molecule has 2 rings (SSSR count). The maximum absolute atomic E-state index is 5.11. The van der Waals surface area contributed by atoms with Gasteiger partial charge in [0.15, 0.2) is 0 Å². The van der Waals surface area contributed by atoms with E-state index in [9.17, 15) is 0 Å². The normalized spacial score (nSPS) is 21.9. The molecule has 1 aliphatic rings. The Hall–Kier alpha value is -1.06. The highest BCUT2D eigenvalue weighted by Crippen LogP contribution is 2.18. The zero-order valence-electron chi connectivity index (χ0n) is 8.29. The second-order valence-corrected chi connectivity index (χ2v) is 3.35. The van der Waals surface area contributed by atoms with Crippen molar-refractivity contribution >= 4 is 0 Å². The average molecular weight is 191 g/mol. The fraction of sp³-hybridized carbons (Fsp3) is 0.364. The van der Waals surface area contributed by atoms with Gasteiger partial charge in [-0.2, -0.15) is 0 Å². The molecule has 1 aliphatic heterocycles. The topological polar surface area (TPSA) is 33.3 Å². The number of benzene rings is 1. The summed E-state index contributed by atoms with van der Waals surface area (Å²) >= 11 is 0. The van der Waals surface area contributed by atoms with Crippen molar-refractivity contribution in [2.24, 2.45) is 0 Å². The van der Waals surface area contributed by atoms with Gasteiger partial charge in [-0.15, -0.1) is 0 Å². The van der Waals surface area contributed by atoms with Gasteiger partial charge >= 0.3 is 0 Å². The summed E-state index contributed by atoms with van der Waals surface area (Å²) in [6.07, 6.45) is 0. The summed E-state index contributed by atoms with van der Waals surface area (Å²) in [5.41, 5.74) is 1.29. The fourth-order valence-electron chi connectivity index (χ4n) is 1.61. The lowest BCUT2D eigenvalue weighted by Gasteiger charge is -2.24. The Labute approximate surface area is 84.5 Å². The van der Waals surface area contributed by atoms with Crippen LogP contribution in [0.3, 0.4) is 0 Å². The van der Waals surface area contributed by atoms with Gasteiger partial charge in [-0.1, -0.05) is 12.1 Å². The first-order valence-electron chi connectivity index (χ1n) is 4.82. The molecule has 3 nitrogen and oxygen atoms in total. The van der Waals surface area contributed by atoms with Crippen molar-refractivity contribution in [2.75, 3.05) is 20.2 Å². The van der Waals surface area contributed by atoms with Crippen LogP contribution in [-0.4, -0.2) is 20.2 Å². The van der Waals surface area contributed by atoms with E-state index in [2.05, 4.69) is 29.3 Å². The number of hydrogen-bond donors (Lipinski definition) is 2. The van der Waals surface area contributed by atoms with E-state index in [1.165, 1.54) is 5.56 Å². The van der Waals surface area contributed by atoms with Gasteiger partial charge < -0.3 is 15.4 Å². The van der Waals surface area contributed by atoms with Crippen LogP contribution in [0.1, 0.15) is 11.6 Å².